The number of fused-ring (bicyclic) bond motifs is 2. The lowest BCUT2D eigenvalue weighted by atomic mass is 10.2. The number of carbonyl (C=O) groups excluding carboxylic acids is 2. The maximum absolute atomic E-state index is 12.7. The van der Waals surface area contributed by atoms with Crippen molar-refractivity contribution in [3.8, 4) is 17.2 Å². The number of methoxy groups -OCH3 is 1. The van der Waals surface area contributed by atoms with Gasteiger partial charge < -0.3 is 23.5 Å². The van der Waals surface area contributed by atoms with E-state index in [0.717, 1.165) is 4.70 Å². The van der Waals surface area contributed by atoms with Crippen LogP contribution in [0.1, 0.15) is 6.92 Å². The molecular formula is C21H20N2O6S. The van der Waals surface area contributed by atoms with Crippen molar-refractivity contribution >= 4 is 33.4 Å². The third-order valence-electron chi connectivity index (χ3n) is 4.47. The van der Waals surface area contributed by atoms with Gasteiger partial charge in [0.1, 0.15) is 25.5 Å². The minimum absolute atomic E-state index is 0.0871. The molecule has 156 valence electrons. The molecule has 0 spiro atoms. The highest BCUT2D eigenvalue weighted by Crippen LogP contribution is 2.35. The molecule has 1 aliphatic rings. The van der Waals surface area contributed by atoms with E-state index in [0.29, 0.717) is 40.8 Å². The topological polar surface area (TPSA) is 88.4 Å². The van der Waals surface area contributed by atoms with Gasteiger partial charge in [-0.15, -0.1) is 0 Å². The van der Waals surface area contributed by atoms with Gasteiger partial charge in [-0.1, -0.05) is 29.5 Å². The summed E-state index contributed by atoms with van der Waals surface area (Å²) in [7, 11) is 1.31. The first kappa shape index (κ1) is 20.0. The molecule has 1 aromatic heterocycles. The van der Waals surface area contributed by atoms with E-state index in [-0.39, 0.29) is 6.54 Å². The standard InChI is InChI=1S/C21H20N2O6S/c1-13(29-14-6-4-3-5-7-14)20(25)22-21-23(12-19(24)26-2)15-10-16-17(11-18(15)30-21)28-9-8-27-16/h3-7,10-11,13H,8-9,12H2,1-2H3. The lowest BCUT2D eigenvalue weighted by Gasteiger charge is -2.18. The highest BCUT2D eigenvalue weighted by Gasteiger charge is 2.20. The molecule has 2 heterocycles. The summed E-state index contributed by atoms with van der Waals surface area (Å²) in [4.78, 5) is 29.3. The van der Waals surface area contributed by atoms with Crippen LogP contribution in [0, 0.1) is 0 Å². The van der Waals surface area contributed by atoms with Crippen LogP contribution < -0.4 is 19.0 Å². The Morgan fingerprint density at radius 3 is 2.57 bits per heavy atom. The third-order valence-corrected chi connectivity index (χ3v) is 5.51. The Morgan fingerprint density at radius 1 is 1.17 bits per heavy atom. The smallest absolute Gasteiger partial charge is 0.325 e. The van der Waals surface area contributed by atoms with Gasteiger partial charge >= 0.3 is 5.97 Å². The molecule has 0 bridgehead atoms. The van der Waals surface area contributed by atoms with Crippen molar-refractivity contribution in [2.45, 2.75) is 19.6 Å². The van der Waals surface area contributed by atoms with Crippen LogP contribution in [0.5, 0.6) is 17.2 Å². The fraction of sp³-hybridized carbons (Fsp3) is 0.286. The van der Waals surface area contributed by atoms with Crippen molar-refractivity contribution in [3.63, 3.8) is 0 Å². The van der Waals surface area contributed by atoms with Crippen LogP contribution in [0.3, 0.4) is 0 Å². The van der Waals surface area contributed by atoms with Gasteiger partial charge in [-0.3, -0.25) is 9.59 Å². The van der Waals surface area contributed by atoms with Gasteiger partial charge in [0.25, 0.3) is 5.91 Å². The zero-order valence-electron chi connectivity index (χ0n) is 16.5. The molecular weight excluding hydrogens is 408 g/mol. The van der Waals surface area contributed by atoms with Crippen LogP contribution >= 0.6 is 11.3 Å². The van der Waals surface area contributed by atoms with Gasteiger partial charge in [-0.2, -0.15) is 4.99 Å². The Hall–Kier alpha value is -3.33. The Labute approximate surface area is 176 Å². The normalized spacial score (nSPS) is 14.4. The molecule has 1 amide bonds. The van der Waals surface area contributed by atoms with E-state index in [1.165, 1.54) is 18.4 Å². The molecule has 1 aliphatic heterocycles. The molecule has 0 fully saturated rings. The number of rotatable bonds is 5. The zero-order valence-corrected chi connectivity index (χ0v) is 17.3. The summed E-state index contributed by atoms with van der Waals surface area (Å²) in [6, 6.07) is 12.7. The summed E-state index contributed by atoms with van der Waals surface area (Å²) in [6.45, 7) is 2.47. The average Bonchev–Trinajstić information content (AvgIpc) is 3.08. The molecule has 30 heavy (non-hydrogen) atoms. The maximum Gasteiger partial charge on any atom is 0.325 e. The molecule has 4 rings (SSSR count). The number of esters is 1. The molecule has 0 N–H and O–H groups in total. The van der Waals surface area contributed by atoms with E-state index in [2.05, 4.69) is 4.99 Å². The second-order valence-electron chi connectivity index (χ2n) is 6.53. The number of hydrogen-bond acceptors (Lipinski definition) is 7. The van der Waals surface area contributed by atoms with Gasteiger partial charge in [0.2, 0.25) is 0 Å². The molecule has 2 aromatic carbocycles. The number of para-hydroxylation sites is 1. The number of benzene rings is 2. The van der Waals surface area contributed by atoms with E-state index < -0.39 is 18.0 Å². The van der Waals surface area contributed by atoms with E-state index in [1.807, 2.05) is 24.3 Å². The second-order valence-corrected chi connectivity index (χ2v) is 7.54. The van der Waals surface area contributed by atoms with E-state index in [1.54, 1.807) is 29.7 Å². The van der Waals surface area contributed by atoms with Gasteiger partial charge in [0, 0.05) is 12.1 Å². The Balaban J connectivity index is 1.73. The zero-order chi connectivity index (χ0) is 21.1. The summed E-state index contributed by atoms with van der Waals surface area (Å²) in [5, 5.41) is 0. The number of carbonyl (C=O) groups is 2. The van der Waals surface area contributed by atoms with Crippen LogP contribution in [0.15, 0.2) is 47.5 Å². The van der Waals surface area contributed by atoms with Crippen molar-refractivity contribution in [2.75, 3.05) is 20.3 Å². The van der Waals surface area contributed by atoms with Crippen LogP contribution in [-0.4, -0.2) is 42.9 Å². The molecule has 0 aliphatic carbocycles. The van der Waals surface area contributed by atoms with Crippen LogP contribution in [0.4, 0.5) is 0 Å². The van der Waals surface area contributed by atoms with Gasteiger partial charge in [-0.25, -0.2) is 0 Å². The highest BCUT2D eigenvalue weighted by molar-refractivity contribution is 7.16. The molecule has 3 aromatic rings. The van der Waals surface area contributed by atoms with E-state index in [9.17, 15) is 9.59 Å². The molecule has 0 radical (unpaired) electrons. The SMILES string of the molecule is COC(=O)Cn1c(=NC(=O)C(C)Oc2ccccc2)sc2cc3c(cc21)OCCO3. The number of nitrogens with zero attached hydrogens (tertiary/aromatic N) is 2. The van der Waals surface area contributed by atoms with Gasteiger partial charge in [0.15, 0.2) is 22.4 Å². The highest BCUT2D eigenvalue weighted by atomic mass is 32.1. The van der Waals surface area contributed by atoms with Crippen molar-refractivity contribution in [2.24, 2.45) is 4.99 Å². The number of hydrogen-bond donors (Lipinski definition) is 0. The Bertz CT molecular complexity index is 1150. The number of ether oxygens (including phenoxy) is 4. The fourth-order valence-corrected chi connectivity index (χ4v) is 4.02. The molecule has 9 heteroatoms. The minimum Gasteiger partial charge on any atom is -0.486 e. The second kappa shape index (κ2) is 8.58. The van der Waals surface area contributed by atoms with Gasteiger partial charge in [0.05, 0.1) is 17.3 Å². The Kier molecular flexibility index (Phi) is 5.71. The molecule has 8 nitrogen and oxygen atoms in total. The largest absolute Gasteiger partial charge is 0.486 e. The predicted octanol–water partition coefficient (Wildman–Crippen LogP) is 2.54. The minimum atomic E-state index is -0.788. The summed E-state index contributed by atoms with van der Waals surface area (Å²) in [6.07, 6.45) is -0.788. The summed E-state index contributed by atoms with van der Waals surface area (Å²) in [5.41, 5.74) is 0.706. The first-order valence-corrected chi connectivity index (χ1v) is 10.2. The quantitative estimate of drug-likeness (QED) is 0.581. The number of thiazole rings is 1. The summed E-state index contributed by atoms with van der Waals surface area (Å²) >= 11 is 1.28. The summed E-state index contributed by atoms with van der Waals surface area (Å²) < 4.78 is 24.2. The average molecular weight is 428 g/mol. The summed E-state index contributed by atoms with van der Waals surface area (Å²) in [5.74, 6) is 0.880. The van der Waals surface area contributed by atoms with Gasteiger partial charge in [-0.05, 0) is 19.1 Å². The van der Waals surface area contributed by atoms with Crippen LogP contribution in [-0.2, 0) is 20.9 Å². The monoisotopic (exact) mass is 428 g/mol. The lowest BCUT2D eigenvalue weighted by Crippen LogP contribution is -2.27. The lowest BCUT2D eigenvalue weighted by molar-refractivity contribution is -0.141. The van der Waals surface area contributed by atoms with Crippen molar-refractivity contribution in [1.29, 1.82) is 0 Å². The Morgan fingerprint density at radius 2 is 1.87 bits per heavy atom. The van der Waals surface area contributed by atoms with Crippen LogP contribution in [0.2, 0.25) is 0 Å². The third kappa shape index (κ3) is 4.16. The van der Waals surface area contributed by atoms with E-state index in [4.69, 9.17) is 18.9 Å². The molecule has 1 unspecified atom stereocenters. The van der Waals surface area contributed by atoms with Crippen molar-refractivity contribution in [1.82, 2.24) is 4.57 Å². The molecule has 0 saturated heterocycles. The fourth-order valence-electron chi connectivity index (χ4n) is 2.98. The van der Waals surface area contributed by atoms with E-state index >= 15 is 0 Å². The molecule has 1 atom stereocenters. The number of amides is 1. The van der Waals surface area contributed by atoms with Crippen molar-refractivity contribution in [3.05, 3.63) is 47.3 Å². The first-order valence-electron chi connectivity index (χ1n) is 9.35. The number of aromatic nitrogens is 1. The first-order chi connectivity index (χ1) is 14.5. The maximum atomic E-state index is 12.7. The predicted molar refractivity (Wildman–Crippen MR) is 110 cm³/mol. The molecule has 0 saturated carbocycles. The van der Waals surface area contributed by atoms with Crippen LogP contribution in [0.25, 0.3) is 10.2 Å². The van der Waals surface area contributed by atoms with Crippen molar-refractivity contribution < 1.29 is 28.5 Å².